The van der Waals surface area contributed by atoms with Gasteiger partial charge in [0.25, 0.3) is 6.43 Å². The van der Waals surface area contributed by atoms with Gasteiger partial charge in [-0.3, -0.25) is 0 Å². The van der Waals surface area contributed by atoms with Gasteiger partial charge >= 0.3 is 0 Å². The molecule has 12 heteroatoms. The quantitative estimate of drug-likeness (QED) is 0.715. The van der Waals surface area contributed by atoms with Crippen molar-refractivity contribution in [3.63, 3.8) is 0 Å². The fourth-order valence-electron chi connectivity index (χ4n) is 3.53. The van der Waals surface area contributed by atoms with Crippen molar-refractivity contribution in [2.45, 2.75) is 25.5 Å². The maximum Gasteiger partial charge on any atom is 0.281 e. The Hall–Kier alpha value is -2.70. The van der Waals surface area contributed by atoms with E-state index in [9.17, 15) is 13.9 Å². The molecule has 0 radical (unpaired) electrons. The number of anilines is 3. The van der Waals surface area contributed by atoms with Crippen LogP contribution in [0.3, 0.4) is 0 Å². The highest BCUT2D eigenvalue weighted by molar-refractivity contribution is 5.67. The van der Waals surface area contributed by atoms with Gasteiger partial charge in [0.05, 0.1) is 37.7 Å². The van der Waals surface area contributed by atoms with Crippen molar-refractivity contribution in [1.29, 1.82) is 0 Å². The molecule has 0 aliphatic carbocycles. The Morgan fingerprint density at radius 3 is 2.73 bits per heavy atom. The number of rotatable bonds is 5. The Morgan fingerprint density at radius 1 is 1.27 bits per heavy atom. The van der Waals surface area contributed by atoms with Gasteiger partial charge in [0.1, 0.15) is 18.2 Å². The summed E-state index contributed by atoms with van der Waals surface area (Å²) in [6.07, 6.45) is -1.82. The average Bonchev–Trinajstić information content (AvgIpc) is 3.14. The molecule has 0 amide bonds. The van der Waals surface area contributed by atoms with E-state index in [-0.39, 0.29) is 42.7 Å². The van der Waals surface area contributed by atoms with E-state index in [0.717, 1.165) is 0 Å². The topological polar surface area (TPSA) is 123 Å². The highest BCUT2D eigenvalue weighted by atomic mass is 19.3. The summed E-state index contributed by atoms with van der Waals surface area (Å²) in [5, 5.41) is 9.79. The van der Waals surface area contributed by atoms with Crippen molar-refractivity contribution >= 4 is 17.7 Å². The van der Waals surface area contributed by atoms with Crippen molar-refractivity contribution in [3.05, 3.63) is 18.0 Å². The van der Waals surface area contributed by atoms with Crippen molar-refractivity contribution in [3.8, 4) is 11.3 Å². The van der Waals surface area contributed by atoms with Crippen LogP contribution in [0.4, 0.5) is 26.5 Å². The highest BCUT2D eigenvalue weighted by Gasteiger charge is 2.34. The molecule has 2 saturated heterocycles. The van der Waals surface area contributed by atoms with Crippen molar-refractivity contribution in [2.24, 2.45) is 0 Å². The molecule has 162 valence electrons. The van der Waals surface area contributed by atoms with Crippen LogP contribution in [-0.4, -0.2) is 76.8 Å². The number of nitrogens with zero attached hydrogens (tertiary/aromatic N) is 6. The summed E-state index contributed by atoms with van der Waals surface area (Å²) in [6, 6.07) is 1.26. The smallest absolute Gasteiger partial charge is 0.281 e. The lowest BCUT2D eigenvalue weighted by Crippen LogP contribution is -2.39. The Labute approximate surface area is 171 Å². The van der Waals surface area contributed by atoms with Crippen LogP contribution >= 0.6 is 0 Å². The first kappa shape index (κ1) is 20.6. The van der Waals surface area contributed by atoms with Gasteiger partial charge in [-0.2, -0.15) is 4.98 Å². The SMILES string of the molecule is C[C@H]1OCN(c2cc(-c3cnc(N)nc3C(F)F)nc(N3CCOCC3)n2)[C@H]1CO. The third-order valence-electron chi connectivity index (χ3n) is 5.21. The average molecular weight is 423 g/mol. The minimum Gasteiger partial charge on any atom is -0.394 e. The van der Waals surface area contributed by atoms with Crippen LogP contribution in [0.15, 0.2) is 12.3 Å². The summed E-state index contributed by atoms with van der Waals surface area (Å²) < 4.78 is 38.3. The van der Waals surface area contributed by atoms with Crippen LogP contribution < -0.4 is 15.5 Å². The summed E-state index contributed by atoms with van der Waals surface area (Å²) in [5.74, 6) is 0.597. The molecule has 0 spiro atoms. The van der Waals surface area contributed by atoms with E-state index in [2.05, 4.69) is 19.9 Å². The molecule has 2 aromatic rings. The number of aliphatic hydroxyl groups is 1. The first-order chi connectivity index (χ1) is 14.5. The summed E-state index contributed by atoms with van der Waals surface area (Å²) >= 11 is 0. The Kier molecular flexibility index (Phi) is 5.88. The molecular formula is C18H23F2N7O3. The lowest BCUT2D eigenvalue weighted by molar-refractivity contribution is 0.105. The zero-order chi connectivity index (χ0) is 21.3. The predicted octanol–water partition coefficient (Wildman–Crippen LogP) is 0.833. The highest BCUT2D eigenvalue weighted by Crippen LogP contribution is 2.33. The molecule has 4 rings (SSSR count). The number of nitrogen functional groups attached to an aromatic ring is 1. The number of alkyl halides is 2. The summed E-state index contributed by atoms with van der Waals surface area (Å²) in [6.45, 7) is 4.09. The largest absolute Gasteiger partial charge is 0.394 e. The second kappa shape index (κ2) is 8.58. The number of aliphatic hydroxyl groups excluding tert-OH is 1. The van der Waals surface area contributed by atoms with Crippen LogP contribution in [0.2, 0.25) is 0 Å². The molecule has 10 nitrogen and oxygen atoms in total. The van der Waals surface area contributed by atoms with Crippen LogP contribution in [0.5, 0.6) is 0 Å². The molecule has 2 fully saturated rings. The standard InChI is InChI=1S/C18H23F2N7O3/c1-10-13(8-28)27(9-30-10)14-6-12(11-7-22-17(21)25-15(11)16(19)20)23-18(24-14)26-2-4-29-5-3-26/h6-7,10,13,16,28H,2-5,8-9H2,1H3,(H2,21,22,25)/t10-,13+/m1/s1. The molecule has 30 heavy (non-hydrogen) atoms. The molecule has 2 aromatic heterocycles. The molecule has 2 aliphatic heterocycles. The van der Waals surface area contributed by atoms with Gasteiger partial charge in [-0.15, -0.1) is 0 Å². The maximum absolute atomic E-state index is 13.6. The van der Waals surface area contributed by atoms with Gasteiger partial charge < -0.3 is 30.1 Å². The lowest BCUT2D eigenvalue weighted by Gasteiger charge is -2.29. The molecule has 2 atom stereocenters. The third kappa shape index (κ3) is 3.98. The molecule has 4 heterocycles. The molecule has 0 saturated carbocycles. The zero-order valence-corrected chi connectivity index (χ0v) is 16.4. The van der Waals surface area contributed by atoms with E-state index in [1.54, 1.807) is 11.0 Å². The number of ether oxygens (including phenoxy) is 2. The van der Waals surface area contributed by atoms with Gasteiger partial charge in [-0.05, 0) is 6.92 Å². The Balaban J connectivity index is 1.82. The van der Waals surface area contributed by atoms with Crippen LogP contribution in [0.1, 0.15) is 19.0 Å². The predicted molar refractivity (Wildman–Crippen MR) is 104 cm³/mol. The van der Waals surface area contributed by atoms with E-state index >= 15 is 0 Å². The van der Waals surface area contributed by atoms with E-state index < -0.39 is 12.1 Å². The number of nitrogens with two attached hydrogens (primary N) is 1. The lowest BCUT2D eigenvalue weighted by atomic mass is 10.1. The van der Waals surface area contributed by atoms with E-state index in [0.29, 0.717) is 38.1 Å². The first-order valence-corrected chi connectivity index (χ1v) is 9.59. The summed E-state index contributed by atoms with van der Waals surface area (Å²) in [5.41, 5.74) is 5.33. The van der Waals surface area contributed by atoms with Crippen LogP contribution in [0.25, 0.3) is 11.3 Å². The van der Waals surface area contributed by atoms with Gasteiger partial charge in [0, 0.05) is 30.9 Å². The number of aromatic nitrogens is 4. The van der Waals surface area contributed by atoms with Gasteiger partial charge in [-0.25, -0.2) is 23.7 Å². The molecule has 0 bridgehead atoms. The minimum absolute atomic E-state index is 0.0751. The minimum atomic E-state index is -2.85. The van der Waals surface area contributed by atoms with Crippen molar-refractivity contribution in [1.82, 2.24) is 19.9 Å². The van der Waals surface area contributed by atoms with E-state index in [1.807, 2.05) is 11.8 Å². The number of halogens is 2. The van der Waals surface area contributed by atoms with Crippen LogP contribution in [-0.2, 0) is 9.47 Å². The Bertz CT molecular complexity index is 898. The molecular weight excluding hydrogens is 400 g/mol. The van der Waals surface area contributed by atoms with Crippen LogP contribution in [0, 0.1) is 0 Å². The van der Waals surface area contributed by atoms with Gasteiger partial charge in [-0.1, -0.05) is 0 Å². The fourth-order valence-corrected chi connectivity index (χ4v) is 3.53. The molecule has 2 aliphatic rings. The second-order valence-electron chi connectivity index (χ2n) is 7.06. The molecule has 0 unspecified atom stereocenters. The third-order valence-corrected chi connectivity index (χ3v) is 5.21. The number of morpholine rings is 1. The Morgan fingerprint density at radius 2 is 2.03 bits per heavy atom. The fraction of sp³-hybridized carbons (Fsp3) is 0.556. The second-order valence-corrected chi connectivity index (χ2v) is 7.06. The normalized spacial score (nSPS) is 22.2. The maximum atomic E-state index is 13.6. The van der Waals surface area contributed by atoms with Gasteiger partial charge in [0.2, 0.25) is 11.9 Å². The zero-order valence-electron chi connectivity index (χ0n) is 16.4. The van der Waals surface area contributed by atoms with Crippen molar-refractivity contribution in [2.75, 3.05) is 55.2 Å². The number of hydrogen-bond acceptors (Lipinski definition) is 10. The van der Waals surface area contributed by atoms with E-state index in [1.165, 1.54) is 6.20 Å². The first-order valence-electron chi connectivity index (χ1n) is 9.59. The number of hydrogen-bond donors (Lipinski definition) is 2. The monoisotopic (exact) mass is 423 g/mol. The van der Waals surface area contributed by atoms with Gasteiger partial charge in [0.15, 0.2) is 0 Å². The summed E-state index contributed by atoms with van der Waals surface area (Å²) in [4.78, 5) is 20.4. The summed E-state index contributed by atoms with van der Waals surface area (Å²) in [7, 11) is 0. The van der Waals surface area contributed by atoms with Crippen molar-refractivity contribution < 1.29 is 23.4 Å². The molecule has 3 N–H and O–H groups in total. The van der Waals surface area contributed by atoms with E-state index in [4.69, 9.17) is 15.2 Å². The molecule has 0 aromatic carbocycles.